The number of carbonyl (C=O) groups excluding carboxylic acids is 1. The zero-order chi connectivity index (χ0) is 18.7. The Morgan fingerprint density at radius 2 is 1.77 bits per heavy atom. The van der Waals surface area contributed by atoms with Crippen LogP contribution in [-0.2, 0) is 6.18 Å². The standard InChI is InChI=1S/C18H13F3N4O/c1-11-2-4-15(18(19,20)21)14(6-11)12-3-5-16(24-9-12)25-17(26)13-7-22-10-23-8-13/h2-10H,1H3,(H,24,25,26). The van der Waals surface area contributed by atoms with Gasteiger partial charge >= 0.3 is 6.18 Å². The predicted octanol–water partition coefficient (Wildman–Crippen LogP) is 4.12. The molecule has 26 heavy (non-hydrogen) atoms. The van der Waals surface area contributed by atoms with E-state index in [2.05, 4.69) is 20.3 Å². The highest BCUT2D eigenvalue weighted by atomic mass is 19.4. The topological polar surface area (TPSA) is 67.8 Å². The summed E-state index contributed by atoms with van der Waals surface area (Å²) in [5, 5.41) is 2.54. The van der Waals surface area contributed by atoms with E-state index in [1.165, 1.54) is 49.2 Å². The maximum absolute atomic E-state index is 13.2. The molecule has 132 valence electrons. The Bertz CT molecular complexity index is 925. The van der Waals surface area contributed by atoms with Crippen molar-refractivity contribution >= 4 is 11.7 Å². The lowest BCUT2D eigenvalue weighted by molar-refractivity contribution is -0.137. The number of aromatic nitrogens is 3. The van der Waals surface area contributed by atoms with E-state index in [-0.39, 0.29) is 16.9 Å². The van der Waals surface area contributed by atoms with Crippen molar-refractivity contribution in [3.63, 3.8) is 0 Å². The van der Waals surface area contributed by atoms with E-state index in [1.807, 2.05) is 0 Å². The van der Waals surface area contributed by atoms with Gasteiger partial charge in [0.15, 0.2) is 0 Å². The van der Waals surface area contributed by atoms with E-state index < -0.39 is 17.6 Å². The van der Waals surface area contributed by atoms with Crippen molar-refractivity contribution in [2.45, 2.75) is 13.1 Å². The monoisotopic (exact) mass is 358 g/mol. The average Bonchev–Trinajstić information content (AvgIpc) is 2.62. The van der Waals surface area contributed by atoms with Gasteiger partial charge in [0.05, 0.1) is 11.1 Å². The Labute approximate surface area is 147 Å². The van der Waals surface area contributed by atoms with Gasteiger partial charge in [-0.2, -0.15) is 13.2 Å². The van der Waals surface area contributed by atoms with Crippen LogP contribution in [0, 0.1) is 6.92 Å². The van der Waals surface area contributed by atoms with Crippen LogP contribution in [0.2, 0.25) is 0 Å². The van der Waals surface area contributed by atoms with E-state index in [0.29, 0.717) is 11.1 Å². The number of alkyl halides is 3. The van der Waals surface area contributed by atoms with Gasteiger partial charge in [-0.25, -0.2) is 15.0 Å². The Morgan fingerprint density at radius 3 is 2.38 bits per heavy atom. The summed E-state index contributed by atoms with van der Waals surface area (Å²) in [7, 11) is 0. The normalized spacial score (nSPS) is 11.2. The van der Waals surface area contributed by atoms with E-state index in [9.17, 15) is 18.0 Å². The zero-order valence-corrected chi connectivity index (χ0v) is 13.6. The fraction of sp³-hybridized carbons (Fsp3) is 0.111. The molecule has 0 atom stereocenters. The lowest BCUT2D eigenvalue weighted by atomic mass is 9.98. The summed E-state index contributed by atoms with van der Waals surface area (Å²) in [4.78, 5) is 23.5. The van der Waals surface area contributed by atoms with Gasteiger partial charge in [0.25, 0.3) is 5.91 Å². The highest BCUT2D eigenvalue weighted by Crippen LogP contribution is 2.37. The van der Waals surface area contributed by atoms with Crippen LogP contribution in [0.1, 0.15) is 21.5 Å². The molecule has 1 aromatic carbocycles. The number of nitrogens with zero attached hydrogens (tertiary/aromatic N) is 3. The zero-order valence-electron chi connectivity index (χ0n) is 13.6. The second-order valence-electron chi connectivity index (χ2n) is 5.56. The largest absolute Gasteiger partial charge is 0.417 e. The van der Waals surface area contributed by atoms with Crippen molar-refractivity contribution in [2.75, 3.05) is 5.32 Å². The van der Waals surface area contributed by atoms with Gasteiger partial charge in [-0.1, -0.05) is 17.7 Å². The first-order valence-corrected chi connectivity index (χ1v) is 7.55. The molecule has 0 aliphatic rings. The molecule has 0 saturated heterocycles. The number of amides is 1. The Morgan fingerprint density at radius 1 is 1.04 bits per heavy atom. The van der Waals surface area contributed by atoms with Gasteiger partial charge < -0.3 is 5.32 Å². The number of hydrogen-bond acceptors (Lipinski definition) is 4. The minimum Gasteiger partial charge on any atom is -0.306 e. The van der Waals surface area contributed by atoms with Crippen LogP contribution in [0.3, 0.4) is 0 Å². The fourth-order valence-electron chi connectivity index (χ4n) is 2.38. The summed E-state index contributed by atoms with van der Waals surface area (Å²) >= 11 is 0. The molecule has 5 nitrogen and oxygen atoms in total. The molecule has 0 saturated carbocycles. The summed E-state index contributed by atoms with van der Waals surface area (Å²) in [6.45, 7) is 1.72. The van der Waals surface area contributed by atoms with Gasteiger partial charge in [0.2, 0.25) is 0 Å². The van der Waals surface area contributed by atoms with Crippen molar-refractivity contribution < 1.29 is 18.0 Å². The van der Waals surface area contributed by atoms with Crippen LogP contribution < -0.4 is 5.32 Å². The van der Waals surface area contributed by atoms with Crippen LogP contribution in [0.25, 0.3) is 11.1 Å². The quantitative estimate of drug-likeness (QED) is 0.765. The highest BCUT2D eigenvalue weighted by molar-refractivity contribution is 6.03. The molecule has 1 amide bonds. The predicted molar refractivity (Wildman–Crippen MR) is 89.4 cm³/mol. The molecular weight excluding hydrogens is 345 g/mol. The SMILES string of the molecule is Cc1ccc(C(F)(F)F)c(-c2ccc(NC(=O)c3cncnc3)nc2)c1. The minimum atomic E-state index is -4.47. The van der Waals surface area contributed by atoms with E-state index in [1.54, 1.807) is 6.92 Å². The number of halogens is 3. The number of rotatable bonds is 3. The van der Waals surface area contributed by atoms with E-state index in [4.69, 9.17) is 0 Å². The summed E-state index contributed by atoms with van der Waals surface area (Å²) in [6, 6.07) is 6.85. The molecule has 0 fully saturated rings. The average molecular weight is 358 g/mol. The molecule has 2 heterocycles. The van der Waals surface area contributed by atoms with Crippen molar-refractivity contribution in [3.8, 4) is 11.1 Å². The fourth-order valence-corrected chi connectivity index (χ4v) is 2.38. The van der Waals surface area contributed by atoms with Crippen LogP contribution in [0.5, 0.6) is 0 Å². The summed E-state index contributed by atoms with van der Waals surface area (Å²) in [5.41, 5.74) is 0.565. The molecule has 3 rings (SSSR count). The lowest BCUT2D eigenvalue weighted by Gasteiger charge is -2.14. The summed E-state index contributed by atoms with van der Waals surface area (Å²) in [5.74, 6) is -0.249. The van der Waals surface area contributed by atoms with Gasteiger partial charge in [-0.3, -0.25) is 4.79 Å². The number of benzene rings is 1. The van der Waals surface area contributed by atoms with Gasteiger partial charge in [0, 0.05) is 24.2 Å². The number of nitrogens with one attached hydrogen (secondary N) is 1. The van der Waals surface area contributed by atoms with Crippen LogP contribution in [0.4, 0.5) is 19.0 Å². The van der Waals surface area contributed by atoms with Crippen LogP contribution in [0.15, 0.2) is 55.2 Å². The number of aryl methyl sites for hydroxylation is 1. The van der Waals surface area contributed by atoms with Crippen LogP contribution >= 0.6 is 0 Å². The first-order chi connectivity index (χ1) is 12.3. The van der Waals surface area contributed by atoms with Crippen molar-refractivity contribution in [1.29, 1.82) is 0 Å². The molecule has 0 radical (unpaired) electrons. The first kappa shape index (κ1) is 17.5. The van der Waals surface area contributed by atoms with Crippen molar-refractivity contribution in [1.82, 2.24) is 15.0 Å². The Hall–Kier alpha value is -3.29. The molecule has 8 heteroatoms. The Balaban J connectivity index is 1.87. The van der Waals surface area contributed by atoms with Crippen LogP contribution in [-0.4, -0.2) is 20.9 Å². The van der Waals surface area contributed by atoms with Gasteiger partial charge in [-0.05, 0) is 30.7 Å². The lowest BCUT2D eigenvalue weighted by Crippen LogP contribution is -2.13. The molecule has 2 aromatic heterocycles. The number of carbonyl (C=O) groups is 1. The number of pyridine rings is 1. The second-order valence-corrected chi connectivity index (χ2v) is 5.56. The molecular formula is C18H13F3N4O. The summed E-state index contributed by atoms with van der Waals surface area (Å²) in [6.07, 6.45) is 0.812. The third kappa shape index (κ3) is 3.85. The minimum absolute atomic E-state index is 0.0411. The van der Waals surface area contributed by atoms with E-state index >= 15 is 0 Å². The first-order valence-electron chi connectivity index (χ1n) is 7.55. The van der Waals surface area contributed by atoms with E-state index in [0.717, 1.165) is 6.07 Å². The highest BCUT2D eigenvalue weighted by Gasteiger charge is 2.33. The molecule has 0 unspecified atom stereocenters. The van der Waals surface area contributed by atoms with Gasteiger partial charge in [0.1, 0.15) is 12.1 Å². The third-order valence-corrected chi connectivity index (χ3v) is 3.62. The number of hydrogen-bond donors (Lipinski definition) is 1. The molecule has 0 spiro atoms. The summed E-state index contributed by atoms with van der Waals surface area (Å²) < 4.78 is 39.6. The Kier molecular flexibility index (Phi) is 4.66. The maximum atomic E-state index is 13.2. The third-order valence-electron chi connectivity index (χ3n) is 3.62. The smallest absolute Gasteiger partial charge is 0.306 e. The molecule has 0 aliphatic heterocycles. The number of anilines is 1. The molecule has 0 aliphatic carbocycles. The molecule has 1 N–H and O–H groups in total. The maximum Gasteiger partial charge on any atom is 0.417 e. The second kappa shape index (κ2) is 6.91. The molecule has 3 aromatic rings. The molecule has 0 bridgehead atoms. The van der Waals surface area contributed by atoms with Gasteiger partial charge in [-0.15, -0.1) is 0 Å². The van der Waals surface area contributed by atoms with Crippen molar-refractivity contribution in [3.05, 3.63) is 71.9 Å². The van der Waals surface area contributed by atoms with Crippen molar-refractivity contribution in [2.24, 2.45) is 0 Å².